The van der Waals surface area contributed by atoms with Gasteiger partial charge in [-0.2, -0.15) is 0 Å². The largest absolute Gasteiger partial charge is 0.485 e. The third-order valence-corrected chi connectivity index (χ3v) is 4.77. The maximum Gasteiger partial charge on any atom is 0.407 e. The fraction of sp³-hybridized carbons (Fsp3) is 0.286. The smallest absolute Gasteiger partial charge is 0.407 e. The number of ether oxygens (including phenoxy) is 3. The Kier molecular flexibility index (Phi) is 9.12. The number of para-hydroxylation sites is 1. The first kappa shape index (κ1) is 25.6. The van der Waals surface area contributed by atoms with Gasteiger partial charge in [-0.3, -0.25) is 4.79 Å². The molecule has 3 rings (SSSR count). The van der Waals surface area contributed by atoms with Crippen molar-refractivity contribution in [2.24, 2.45) is 0 Å². The minimum Gasteiger partial charge on any atom is -0.485 e. The quantitative estimate of drug-likeness (QED) is 0.398. The molecule has 0 saturated carbocycles. The normalized spacial score (nSPS) is 10.8. The monoisotopic (exact) mass is 476 g/mol. The summed E-state index contributed by atoms with van der Waals surface area (Å²) in [7, 11) is 0. The van der Waals surface area contributed by atoms with Gasteiger partial charge in [0.25, 0.3) is 5.91 Å². The van der Waals surface area contributed by atoms with Crippen molar-refractivity contribution >= 4 is 12.0 Å². The maximum atomic E-state index is 13.0. The predicted octanol–water partition coefficient (Wildman–Crippen LogP) is 5.10. The zero-order valence-electron chi connectivity index (χ0n) is 20.4. The number of hydrogen-bond donors (Lipinski definition) is 2. The van der Waals surface area contributed by atoms with E-state index in [1.54, 1.807) is 39.0 Å². The fourth-order valence-corrected chi connectivity index (χ4v) is 3.17. The van der Waals surface area contributed by atoms with E-state index in [2.05, 4.69) is 10.6 Å². The molecule has 0 heterocycles. The van der Waals surface area contributed by atoms with E-state index in [1.165, 1.54) is 0 Å². The Hall–Kier alpha value is -4.00. The second-order valence-corrected chi connectivity index (χ2v) is 8.87. The number of amides is 2. The zero-order chi connectivity index (χ0) is 25.1. The zero-order valence-corrected chi connectivity index (χ0v) is 20.4. The molecule has 0 aliphatic rings. The van der Waals surface area contributed by atoms with E-state index < -0.39 is 11.7 Å². The van der Waals surface area contributed by atoms with Crippen LogP contribution in [0.15, 0.2) is 78.9 Å². The Bertz CT molecular complexity index is 1100. The second kappa shape index (κ2) is 12.5. The summed E-state index contributed by atoms with van der Waals surface area (Å²) in [4.78, 5) is 24.8. The van der Waals surface area contributed by atoms with Gasteiger partial charge in [-0.15, -0.1) is 0 Å². The van der Waals surface area contributed by atoms with Gasteiger partial charge in [-0.1, -0.05) is 66.7 Å². The summed E-state index contributed by atoms with van der Waals surface area (Å²) in [5.41, 5.74) is 1.74. The number of benzene rings is 3. The van der Waals surface area contributed by atoms with Gasteiger partial charge < -0.3 is 24.8 Å². The summed E-state index contributed by atoms with van der Waals surface area (Å²) in [5, 5.41) is 5.44. The van der Waals surface area contributed by atoms with Crippen LogP contribution in [0, 0.1) is 0 Å². The SMILES string of the molecule is CC(C)(C)OC(=O)NCCNC(=O)c1cccc(OCc2ccccc2)c1OCc1ccccc1. The lowest BCUT2D eigenvalue weighted by Gasteiger charge is -2.20. The van der Waals surface area contributed by atoms with E-state index in [0.717, 1.165) is 11.1 Å². The molecule has 7 heteroatoms. The second-order valence-electron chi connectivity index (χ2n) is 8.87. The third-order valence-electron chi connectivity index (χ3n) is 4.77. The highest BCUT2D eigenvalue weighted by Gasteiger charge is 2.19. The fourth-order valence-electron chi connectivity index (χ4n) is 3.17. The van der Waals surface area contributed by atoms with Gasteiger partial charge in [0.2, 0.25) is 0 Å². The number of carbonyl (C=O) groups is 2. The van der Waals surface area contributed by atoms with E-state index in [-0.39, 0.29) is 25.6 Å². The molecule has 0 radical (unpaired) electrons. The van der Waals surface area contributed by atoms with Crippen LogP contribution in [-0.2, 0) is 18.0 Å². The van der Waals surface area contributed by atoms with E-state index in [9.17, 15) is 9.59 Å². The first-order valence-corrected chi connectivity index (χ1v) is 11.5. The predicted molar refractivity (Wildman–Crippen MR) is 135 cm³/mol. The van der Waals surface area contributed by atoms with Crippen molar-refractivity contribution in [3.63, 3.8) is 0 Å². The topological polar surface area (TPSA) is 85.9 Å². The molecule has 35 heavy (non-hydrogen) atoms. The molecule has 3 aromatic carbocycles. The minimum atomic E-state index is -0.585. The van der Waals surface area contributed by atoms with Crippen molar-refractivity contribution in [3.8, 4) is 11.5 Å². The molecule has 0 atom stereocenters. The molecule has 184 valence electrons. The number of hydrogen-bond acceptors (Lipinski definition) is 5. The highest BCUT2D eigenvalue weighted by atomic mass is 16.6. The van der Waals surface area contributed by atoms with Crippen molar-refractivity contribution < 1.29 is 23.8 Å². The highest BCUT2D eigenvalue weighted by Crippen LogP contribution is 2.33. The summed E-state index contributed by atoms with van der Waals surface area (Å²) in [6, 6.07) is 24.7. The molecule has 3 aromatic rings. The van der Waals surface area contributed by atoms with E-state index in [0.29, 0.717) is 23.7 Å². The first-order chi connectivity index (χ1) is 16.8. The molecule has 0 bridgehead atoms. The Morgan fingerprint density at radius 2 is 1.29 bits per heavy atom. The Morgan fingerprint density at radius 3 is 1.89 bits per heavy atom. The Balaban J connectivity index is 1.68. The van der Waals surface area contributed by atoms with Crippen molar-refractivity contribution in [1.82, 2.24) is 10.6 Å². The minimum absolute atomic E-state index is 0.227. The van der Waals surface area contributed by atoms with Crippen LogP contribution in [0.25, 0.3) is 0 Å². The maximum absolute atomic E-state index is 13.0. The van der Waals surface area contributed by atoms with Crippen LogP contribution in [0.4, 0.5) is 4.79 Å². The van der Waals surface area contributed by atoms with Gasteiger partial charge in [0.05, 0.1) is 5.56 Å². The van der Waals surface area contributed by atoms with Gasteiger partial charge in [0.1, 0.15) is 18.8 Å². The van der Waals surface area contributed by atoms with E-state index in [1.807, 2.05) is 60.7 Å². The van der Waals surface area contributed by atoms with Crippen molar-refractivity contribution in [2.45, 2.75) is 39.6 Å². The lowest BCUT2D eigenvalue weighted by molar-refractivity contribution is 0.0526. The van der Waals surface area contributed by atoms with E-state index >= 15 is 0 Å². The Labute approximate surface area is 206 Å². The molecule has 0 unspecified atom stereocenters. The molecule has 2 N–H and O–H groups in total. The summed E-state index contributed by atoms with van der Waals surface area (Å²) in [5.74, 6) is 0.512. The molecule has 0 saturated heterocycles. The van der Waals surface area contributed by atoms with Crippen molar-refractivity contribution in [1.29, 1.82) is 0 Å². The first-order valence-electron chi connectivity index (χ1n) is 11.5. The summed E-state index contributed by atoms with van der Waals surface area (Å²) >= 11 is 0. The lowest BCUT2D eigenvalue weighted by atomic mass is 10.1. The number of nitrogens with one attached hydrogen (secondary N) is 2. The summed E-state index contributed by atoms with van der Waals surface area (Å²) in [6.45, 7) is 6.45. The molecular formula is C28H32N2O5. The van der Waals surface area contributed by atoms with Crippen LogP contribution < -0.4 is 20.1 Å². The molecular weight excluding hydrogens is 444 g/mol. The number of rotatable bonds is 10. The third kappa shape index (κ3) is 8.70. The summed E-state index contributed by atoms with van der Waals surface area (Å²) in [6.07, 6.45) is -0.532. The average molecular weight is 477 g/mol. The van der Waals surface area contributed by atoms with Crippen molar-refractivity contribution in [3.05, 3.63) is 95.6 Å². The van der Waals surface area contributed by atoms with Gasteiger partial charge in [-0.05, 0) is 44.0 Å². The van der Waals surface area contributed by atoms with Crippen LogP contribution in [0.1, 0.15) is 42.3 Å². The molecule has 0 fully saturated rings. The molecule has 0 aliphatic carbocycles. The molecule has 2 amide bonds. The van der Waals surface area contributed by atoms with Crippen LogP contribution in [0.5, 0.6) is 11.5 Å². The molecule has 7 nitrogen and oxygen atoms in total. The van der Waals surface area contributed by atoms with E-state index in [4.69, 9.17) is 14.2 Å². The molecule has 0 spiro atoms. The van der Waals surface area contributed by atoms with Crippen LogP contribution in [0.2, 0.25) is 0 Å². The Morgan fingerprint density at radius 1 is 0.714 bits per heavy atom. The number of alkyl carbamates (subject to hydrolysis) is 1. The highest BCUT2D eigenvalue weighted by molar-refractivity contribution is 5.97. The van der Waals surface area contributed by atoms with Crippen LogP contribution in [-0.4, -0.2) is 30.7 Å². The van der Waals surface area contributed by atoms with Gasteiger partial charge in [0.15, 0.2) is 11.5 Å². The van der Waals surface area contributed by atoms with Crippen molar-refractivity contribution in [2.75, 3.05) is 13.1 Å². The number of carbonyl (C=O) groups excluding carboxylic acids is 2. The average Bonchev–Trinajstić information content (AvgIpc) is 2.84. The van der Waals surface area contributed by atoms with Gasteiger partial charge in [-0.25, -0.2) is 4.79 Å². The van der Waals surface area contributed by atoms with Crippen LogP contribution in [0.3, 0.4) is 0 Å². The summed E-state index contributed by atoms with van der Waals surface area (Å²) < 4.78 is 17.3. The molecule has 0 aliphatic heterocycles. The van der Waals surface area contributed by atoms with Crippen LogP contribution >= 0.6 is 0 Å². The van der Waals surface area contributed by atoms with Gasteiger partial charge in [0, 0.05) is 13.1 Å². The lowest BCUT2D eigenvalue weighted by Crippen LogP contribution is -2.37. The van der Waals surface area contributed by atoms with Gasteiger partial charge >= 0.3 is 6.09 Å². The standard InChI is InChI=1S/C28H32N2O5/c1-28(2,3)35-27(32)30-18-17-29-26(31)23-15-10-16-24(33-19-21-11-6-4-7-12-21)25(23)34-20-22-13-8-5-9-14-22/h4-16H,17-20H2,1-3H3,(H,29,31)(H,30,32). The molecule has 0 aromatic heterocycles.